The molecule has 9 heteroatoms. The van der Waals surface area contributed by atoms with Crippen LogP contribution in [0, 0.1) is 0 Å². The predicted octanol–water partition coefficient (Wildman–Crippen LogP) is 0.442. The Labute approximate surface area is 127 Å². The van der Waals surface area contributed by atoms with Crippen LogP contribution in [0.1, 0.15) is 6.42 Å². The van der Waals surface area contributed by atoms with Crippen LogP contribution in [0.5, 0.6) is 5.75 Å². The van der Waals surface area contributed by atoms with Crippen molar-refractivity contribution in [2.75, 3.05) is 13.7 Å². The third-order valence-electron chi connectivity index (χ3n) is 3.18. The van der Waals surface area contributed by atoms with Crippen molar-refractivity contribution in [3.05, 3.63) is 23.2 Å². The average Bonchev–Trinajstić information content (AvgIpc) is 2.86. The number of rotatable bonds is 5. The number of methoxy groups -OCH3 is 1. The van der Waals surface area contributed by atoms with Crippen molar-refractivity contribution in [2.24, 2.45) is 0 Å². The molecule has 1 aliphatic rings. The van der Waals surface area contributed by atoms with Gasteiger partial charge in [0.1, 0.15) is 11.8 Å². The molecule has 0 aromatic heterocycles. The van der Waals surface area contributed by atoms with Gasteiger partial charge in [0.25, 0.3) is 0 Å². The molecule has 1 aromatic carbocycles. The molecule has 1 fully saturated rings. The van der Waals surface area contributed by atoms with Crippen molar-refractivity contribution < 1.29 is 23.1 Å². The molecule has 116 valence electrons. The average molecular weight is 335 g/mol. The number of aliphatic carboxylic acids is 1. The minimum atomic E-state index is -3.76. The summed E-state index contributed by atoms with van der Waals surface area (Å²) in [4.78, 5) is 10.8. The number of halogens is 1. The van der Waals surface area contributed by atoms with Gasteiger partial charge in [-0.25, -0.2) is 13.1 Å². The SMILES string of the molecule is COc1ccc(S(=O)(=O)N[C@@H]2CN[C@H](C(=O)O)C2)cc1Cl. The number of ether oxygens (including phenoxy) is 1. The zero-order valence-corrected chi connectivity index (χ0v) is 12.7. The maximum Gasteiger partial charge on any atom is 0.320 e. The van der Waals surface area contributed by atoms with Crippen molar-refractivity contribution in [2.45, 2.75) is 23.4 Å². The molecule has 0 unspecified atom stereocenters. The first-order valence-corrected chi connectivity index (χ1v) is 8.01. The highest BCUT2D eigenvalue weighted by atomic mass is 35.5. The molecule has 1 saturated heterocycles. The summed E-state index contributed by atoms with van der Waals surface area (Å²) in [6.07, 6.45) is 0.193. The molecule has 0 spiro atoms. The van der Waals surface area contributed by atoms with Crippen LogP contribution in [0.15, 0.2) is 23.1 Å². The van der Waals surface area contributed by atoms with Crippen LogP contribution in [-0.2, 0) is 14.8 Å². The smallest absolute Gasteiger partial charge is 0.320 e. The van der Waals surface area contributed by atoms with Crippen molar-refractivity contribution in [3.8, 4) is 5.75 Å². The monoisotopic (exact) mass is 334 g/mol. The van der Waals surface area contributed by atoms with Gasteiger partial charge in [-0.1, -0.05) is 11.6 Å². The molecule has 0 aliphatic carbocycles. The fourth-order valence-corrected chi connectivity index (χ4v) is 3.71. The molecule has 0 bridgehead atoms. The Hall–Kier alpha value is -1.35. The van der Waals surface area contributed by atoms with Crippen LogP contribution < -0.4 is 14.8 Å². The molecule has 0 radical (unpaired) electrons. The quantitative estimate of drug-likeness (QED) is 0.722. The van der Waals surface area contributed by atoms with Gasteiger partial charge < -0.3 is 15.2 Å². The van der Waals surface area contributed by atoms with Crippen LogP contribution in [0.3, 0.4) is 0 Å². The Kier molecular flexibility index (Phi) is 4.72. The summed E-state index contributed by atoms with van der Waals surface area (Å²) in [5, 5.41) is 11.8. The van der Waals surface area contributed by atoms with Crippen molar-refractivity contribution in [1.29, 1.82) is 0 Å². The van der Waals surface area contributed by atoms with Gasteiger partial charge in [-0.15, -0.1) is 0 Å². The van der Waals surface area contributed by atoms with Gasteiger partial charge in [0.2, 0.25) is 10.0 Å². The lowest BCUT2D eigenvalue weighted by molar-refractivity contribution is -0.139. The molecule has 2 atom stereocenters. The molecule has 0 saturated carbocycles. The summed E-state index contributed by atoms with van der Waals surface area (Å²) in [7, 11) is -2.33. The van der Waals surface area contributed by atoms with Crippen LogP contribution in [0.2, 0.25) is 5.02 Å². The van der Waals surface area contributed by atoms with Gasteiger partial charge in [0, 0.05) is 12.6 Å². The van der Waals surface area contributed by atoms with Crippen LogP contribution >= 0.6 is 11.6 Å². The number of nitrogens with one attached hydrogen (secondary N) is 2. The first kappa shape index (κ1) is 16.0. The van der Waals surface area contributed by atoms with Crippen molar-refractivity contribution in [3.63, 3.8) is 0 Å². The Morgan fingerprint density at radius 1 is 1.52 bits per heavy atom. The fraction of sp³-hybridized carbons (Fsp3) is 0.417. The maximum atomic E-state index is 12.2. The lowest BCUT2D eigenvalue weighted by Crippen LogP contribution is -2.36. The maximum absolute atomic E-state index is 12.2. The number of hydrogen-bond donors (Lipinski definition) is 3. The number of hydrogen-bond acceptors (Lipinski definition) is 5. The third-order valence-corrected chi connectivity index (χ3v) is 5.00. The van der Waals surface area contributed by atoms with E-state index >= 15 is 0 Å². The first-order chi connectivity index (χ1) is 9.83. The number of carboxylic acid groups (broad SMARTS) is 1. The molecular formula is C12H15ClN2O5S. The lowest BCUT2D eigenvalue weighted by Gasteiger charge is -2.13. The Bertz CT molecular complexity index is 649. The Morgan fingerprint density at radius 2 is 2.24 bits per heavy atom. The van der Waals surface area contributed by atoms with Gasteiger partial charge in [0.15, 0.2) is 0 Å². The summed E-state index contributed by atoms with van der Waals surface area (Å²) >= 11 is 5.91. The van der Waals surface area contributed by atoms with Gasteiger partial charge in [0.05, 0.1) is 17.0 Å². The molecule has 0 amide bonds. The highest BCUT2D eigenvalue weighted by Crippen LogP contribution is 2.27. The zero-order chi connectivity index (χ0) is 15.6. The van der Waals surface area contributed by atoms with E-state index in [-0.39, 0.29) is 22.9 Å². The summed E-state index contributed by atoms with van der Waals surface area (Å²) in [6, 6.07) is 2.92. The van der Waals surface area contributed by atoms with E-state index in [9.17, 15) is 13.2 Å². The van der Waals surface area contributed by atoms with E-state index < -0.39 is 28.1 Å². The number of benzene rings is 1. The van der Waals surface area contributed by atoms with E-state index in [1.807, 2.05) is 0 Å². The van der Waals surface area contributed by atoms with Crippen LogP contribution in [-0.4, -0.2) is 45.2 Å². The summed E-state index contributed by atoms with van der Waals surface area (Å²) in [6.45, 7) is 0.264. The summed E-state index contributed by atoms with van der Waals surface area (Å²) in [5.41, 5.74) is 0. The highest BCUT2D eigenvalue weighted by molar-refractivity contribution is 7.89. The molecule has 3 N–H and O–H groups in total. The standard InChI is InChI=1S/C12H15ClN2O5S/c1-20-11-3-2-8(5-9(11)13)21(18,19)15-7-4-10(12(16)17)14-6-7/h2-3,5,7,10,14-15H,4,6H2,1H3,(H,16,17)/t7-,10-/m0/s1. The number of carbonyl (C=O) groups is 1. The van der Waals surface area contributed by atoms with Gasteiger partial charge in [-0.05, 0) is 24.6 Å². The predicted molar refractivity (Wildman–Crippen MR) is 76.2 cm³/mol. The highest BCUT2D eigenvalue weighted by Gasteiger charge is 2.32. The van der Waals surface area contributed by atoms with E-state index in [1.165, 1.54) is 25.3 Å². The van der Waals surface area contributed by atoms with E-state index in [0.29, 0.717) is 5.75 Å². The topological polar surface area (TPSA) is 105 Å². The molecule has 7 nitrogen and oxygen atoms in total. The summed E-state index contributed by atoms with van der Waals surface area (Å²) in [5.74, 6) is -0.617. The molecule has 1 aliphatic heterocycles. The van der Waals surface area contributed by atoms with E-state index in [1.54, 1.807) is 0 Å². The second-order valence-electron chi connectivity index (χ2n) is 4.65. The normalized spacial score (nSPS) is 22.2. The third kappa shape index (κ3) is 3.65. The zero-order valence-electron chi connectivity index (χ0n) is 11.2. The van der Waals surface area contributed by atoms with Gasteiger partial charge >= 0.3 is 5.97 Å². The lowest BCUT2D eigenvalue weighted by atomic mass is 10.2. The molecule has 1 aromatic rings. The van der Waals surface area contributed by atoms with E-state index in [2.05, 4.69) is 10.0 Å². The van der Waals surface area contributed by atoms with E-state index in [0.717, 1.165) is 0 Å². The largest absolute Gasteiger partial charge is 0.495 e. The first-order valence-electron chi connectivity index (χ1n) is 6.15. The van der Waals surface area contributed by atoms with Crippen LogP contribution in [0.25, 0.3) is 0 Å². The molecular weight excluding hydrogens is 320 g/mol. The number of carboxylic acids is 1. The molecule has 1 heterocycles. The Morgan fingerprint density at radius 3 is 2.76 bits per heavy atom. The number of sulfonamides is 1. The fourth-order valence-electron chi connectivity index (χ4n) is 2.12. The van der Waals surface area contributed by atoms with Crippen LogP contribution in [0.4, 0.5) is 0 Å². The second-order valence-corrected chi connectivity index (χ2v) is 6.77. The molecule has 21 heavy (non-hydrogen) atoms. The van der Waals surface area contributed by atoms with Gasteiger partial charge in [-0.3, -0.25) is 4.79 Å². The second kappa shape index (κ2) is 6.18. The minimum Gasteiger partial charge on any atom is -0.495 e. The van der Waals surface area contributed by atoms with Crippen molar-refractivity contribution in [1.82, 2.24) is 10.0 Å². The Balaban J connectivity index is 2.12. The summed E-state index contributed by atoms with van der Waals surface area (Å²) < 4.78 is 31.9. The van der Waals surface area contributed by atoms with Crippen molar-refractivity contribution >= 4 is 27.6 Å². The molecule has 2 rings (SSSR count). The minimum absolute atomic E-state index is 0.00655. The van der Waals surface area contributed by atoms with Gasteiger partial charge in [-0.2, -0.15) is 0 Å². The van der Waals surface area contributed by atoms with E-state index in [4.69, 9.17) is 21.4 Å².